The molecule has 2 N–H and O–H groups in total. The fourth-order valence-electron chi connectivity index (χ4n) is 2.63. The molecule has 2 aromatic carbocycles. The van der Waals surface area contributed by atoms with Gasteiger partial charge in [0.05, 0.1) is 11.5 Å². The second-order valence-corrected chi connectivity index (χ2v) is 9.55. The predicted molar refractivity (Wildman–Crippen MR) is 115 cm³/mol. The maximum atomic E-state index is 12.3. The van der Waals surface area contributed by atoms with E-state index < -0.39 is 10.0 Å². The van der Waals surface area contributed by atoms with Crippen molar-refractivity contribution in [1.29, 1.82) is 0 Å². The van der Waals surface area contributed by atoms with Gasteiger partial charge in [0.25, 0.3) is 0 Å². The molecule has 2 rings (SSSR count). The highest BCUT2D eigenvalue weighted by Crippen LogP contribution is 2.23. The second-order valence-electron chi connectivity index (χ2n) is 7.79. The number of hydrogen-bond donors (Lipinski definition) is 2. The van der Waals surface area contributed by atoms with E-state index in [0.29, 0.717) is 19.4 Å². The van der Waals surface area contributed by atoms with Crippen LogP contribution in [0.5, 0.6) is 5.75 Å². The molecule has 29 heavy (non-hydrogen) atoms. The lowest BCUT2D eigenvalue weighted by Gasteiger charge is -2.19. The Bertz CT molecular complexity index is 873. The first kappa shape index (κ1) is 22.9. The number of benzene rings is 2. The lowest BCUT2D eigenvalue weighted by Crippen LogP contribution is -2.34. The van der Waals surface area contributed by atoms with Crippen LogP contribution in [-0.2, 0) is 20.2 Å². The molecule has 0 unspecified atom stereocenters. The zero-order valence-corrected chi connectivity index (χ0v) is 18.1. The van der Waals surface area contributed by atoms with Gasteiger partial charge in [-0.15, -0.1) is 0 Å². The van der Waals surface area contributed by atoms with Crippen molar-refractivity contribution in [2.24, 2.45) is 0 Å². The van der Waals surface area contributed by atoms with Gasteiger partial charge in [0.2, 0.25) is 15.9 Å². The Hall–Kier alpha value is -2.38. The van der Waals surface area contributed by atoms with Crippen molar-refractivity contribution < 1.29 is 17.9 Å². The van der Waals surface area contributed by atoms with Crippen LogP contribution in [0.15, 0.2) is 59.5 Å². The van der Waals surface area contributed by atoms with E-state index in [1.807, 2.05) is 42.5 Å². The Morgan fingerprint density at radius 2 is 1.62 bits per heavy atom. The standard InChI is InChI=1S/C22H30N2O4S/c1-22(2,3)18-11-13-20(14-12-18)29(26,27)24-16-15-23-21(25)10-7-17-28-19-8-5-4-6-9-19/h4-6,8-9,11-14,24H,7,10,15-17H2,1-3H3,(H,23,25). The van der Waals surface area contributed by atoms with Crippen molar-refractivity contribution in [2.45, 2.75) is 43.9 Å². The average Bonchev–Trinajstić information content (AvgIpc) is 2.69. The molecule has 1 amide bonds. The number of ether oxygens (including phenoxy) is 1. The Kier molecular flexibility index (Phi) is 8.22. The minimum absolute atomic E-state index is 0.0356. The minimum Gasteiger partial charge on any atom is -0.494 e. The molecule has 158 valence electrons. The van der Waals surface area contributed by atoms with E-state index >= 15 is 0 Å². The van der Waals surface area contributed by atoms with Crippen LogP contribution in [0.1, 0.15) is 39.2 Å². The highest BCUT2D eigenvalue weighted by molar-refractivity contribution is 7.89. The summed E-state index contributed by atoms with van der Waals surface area (Å²) in [4.78, 5) is 12.1. The van der Waals surface area contributed by atoms with Crippen LogP contribution in [0.3, 0.4) is 0 Å². The topological polar surface area (TPSA) is 84.5 Å². The van der Waals surface area contributed by atoms with E-state index in [4.69, 9.17) is 4.74 Å². The molecule has 0 aromatic heterocycles. The van der Waals surface area contributed by atoms with E-state index in [1.165, 1.54) is 0 Å². The number of carbonyl (C=O) groups is 1. The van der Waals surface area contributed by atoms with Gasteiger partial charge >= 0.3 is 0 Å². The quantitative estimate of drug-likeness (QED) is 0.580. The molecule has 0 saturated carbocycles. The Balaban J connectivity index is 1.66. The van der Waals surface area contributed by atoms with Gasteiger partial charge in [-0.3, -0.25) is 4.79 Å². The van der Waals surface area contributed by atoms with Crippen molar-refractivity contribution in [3.8, 4) is 5.75 Å². The minimum atomic E-state index is -3.59. The fourth-order valence-corrected chi connectivity index (χ4v) is 3.66. The smallest absolute Gasteiger partial charge is 0.240 e. The zero-order chi connectivity index (χ0) is 21.3. The third-order valence-corrected chi connectivity index (χ3v) is 5.81. The number of carbonyl (C=O) groups excluding carboxylic acids is 1. The summed E-state index contributed by atoms with van der Waals surface area (Å²) in [5.41, 5.74) is 1.03. The number of nitrogens with one attached hydrogen (secondary N) is 2. The molecule has 0 radical (unpaired) electrons. The van der Waals surface area contributed by atoms with E-state index in [9.17, 15) is 13.2 Å². The molecular weight excluding hydrogens is 388 g/mol. The lowest BCUT2D eigenvalue weighted by molar-refractivity contribution is -0.121. The molecule has 0 heterocycles. The van der Waals surface area contributed by atoms with Crippen LogP contribution in [0.4, 0.5) is 0 Å². The average molecular weight is 419 g/mol. The maximum Gasteiger partial charge on any atom is 0.240 e. The number of sulfonamides is 1. The first-order valence-electron chi connectivity index (χ1n) is 9.73. The molecule has 0 aliphatic heterocycles. The monoisotopic (exact) mass is 418 g/mol. The van der Waals surface area contributed by atoms with Gasteiger partial charge in [-0.1, -0.05) is 51.1 Å². The summed E-state index contributed by atoms with van der Waals surface area (Å²) >= 11 is 0. The molecule has 6 nitrogen and oxygen atoms in total. The van der Waals surface area contributed by atoms with E-state index in [0.717, 1.165) is 11.3 Å². The van der Waals surface area contributed by atoms with Crippen molar-refractivity contribution >= 4 is 15.9 Å². The van der Waals surface area contributed by atoms with E-state index in [1.54, 1.807) is 12.1 Å². The molecular formula is C22H30N2O4S. The van der Waals surface area contributed by atoms with Crippen LogP contribution in [0, 0.1) is 0 Å². The highest BCUT2D eigenvalue weighted by atomic mass is 32.2. The Morgan fingerprint density at radius 3 is 2.24 bits per heavy atom. The van der Waals surface area contributed by atoms with E-state index in [-0.39, 0.29) is 29.3 Å². The number of amides is 1. The Labute approximate surface area is 173 Å². The summed E-state index contributed by atoms with van der Waals surface area (Å²) in [6.07, 6.45) is 0.917. The first-order chi connectivity index (χ1) is 13.7. The number of hydrogen-bond acceptors (Lipinski definition) is 4. The van der Waals surface area contributed by atoms with Crippen molar-refractivity contribution in [3.05, 3.63) is 60.2 Å². The third kappa shape index (κ3) is 7.87. The van der Waals surface area contributed by atoms with Crippen molar-refractivity contribution in [2.75, 3.05) is 19.7 Å². The van der Waals surface area contributed by atoms with Crippen LogP contribution in [0.25, 0.3) is 0 Å². The highest BCUT2D eigenvalue weighted by Gasteiger charge is 2.17. The summed E-state index contributed by atoms with van der Waals surface area (Å²) in [6.45, 7) is 7.05. The molecule has 0 aliphatic carbocycles. The van der Waals surface area contributed by atoms with E-state index in [2.05, 4.69) is 30.8 Å². The van der Waals surface area contributed by atoms with Gasteiger partial charge in [-0.05, 0) is 41.7 Å². The third-order valence-electron chi connectivity index (χ3n) is 4.33. The molecule has 0 atom stereocenters. The Morgan fingerprint density at radius 1 is 0.966 bits per heavy atom. The summed E-state index contributed by atoms with van der Waals surface area (Å²) in [5.74, 6) is 0.647. The van der Waals surface area contributed by atoms with Crippen molar-refractivity contribution in [3.63, 3.8) is 0 Å². The van der Waals surface area contributed by atoms with Gasteiger partial charge in [0, 0.05) is 19.5 Å². The maximum absolute atomic E-state index is 12.3. The fraction of sp³-hybridized carbons (Fsp3) is 0.409. The van der Waals surface area contributed by atoms with Gasteiger partial charge in [-0.25, -0.2) is 13.1 Å². The molecule has 0 bridgehead atoms. The van der Waals surface area contributed by atoms with Crippen LogP contribution >= 0.6 is 0 Å². The SMILES string of the molecule is CC(C)(C)c1ccc(S(=O)(=O)NCCNC(=O)CCCOc2ccccc2)cc1. The molecule has 2 aromatic rings. The molecule has 0 fully saturated rings. The van der Waals surface area contributed by atoms with Crippen LogP contribution in [0.2, 0.25) is 0 Å². The molecule has 0 saturated heterocycles. The van der Waals surface area contributed by atoms with Gasteiger partial charge < -0.3 is 10.1 Å². The zero-order valence-electron chi connectivity index (χ0n) is 17.3. The summed E-state index contributed by atoms with van der Waals surface area (Å²) < 4.78 is 32.7. The normalized spacial score (nSPS) is 11.8. The lowest BCUT2D eigenvalue weighted by atomic mass is 9.87. The predicted octanol–water partition coefficient (Wildman–Crippen LogP) is 3.24. The van der Waals surface area contributed by atoms with Gasteiger partial charge in [0.15, 0.2) is 0 Å². The van der Waals surface area contributed by atoms with Crippen molar-refractivity contribution in [1.82, 2.24) is 10.0 Å². The summed E-state index contributed by atoms with van der Waals surface area (Å²) in [7, 11) is -3.59. The first-order valence-corrected chi connectivity index (χ1v) is 11.2. The molecule has 0 spiro atoms. The largest absolute Gasteiger partial charge is 0.494 e. The second kappa shape index (κ2) is 10.4. The molecule has 0 aliphatic rings. The number of rotatable bonds is 10. The van der Waals surface area contributed by atoms with Gasteiger partial charge in [-0.2, -0.15) is 0 Å². The summed E-state index contributed by atoms with van der Waals surface area (Å²) in [5, 5.41) is 2.71. The van der Waals surface area contributed by atoms with Crippen LogP contribution < -0.4 is 14.8 Å². The van der Waals surface area contributed by atoms with Crippen LogP contribution in [-0.4, -0.2) is 34.0 Å². The molecule has 7 heteroatoms. The summed E-state index contributed by atoms with van der Waals surface area (Å²) in [6, 6.07) is 16.3. The number of para-hydroxylation sites is 1. The van der Waals surface area contributed by atoms with Gasteiger partial charge in [0.1, 0.15) is 5.75 Å².